The Labute approximate surface area is 179 Å². The Kier molecular flexibility index (Phi) is 9.46. The zero-order valence-electron chi connectivity index (χ0n) is 14.1. The quantitative estimate of drug-likeness (QED) is 0.328. The van der Waals surface area contributed by atoms with E-state index >= 15 is 0 Å². The Bertz CT molecular complexity index is 550. The molecule has 0 N–H and O–H groups in total. The van der Waals surface area contributed by atoms with E-state index in [0.29, 0.717) is 0 Å². The number of carbonyl (C=O) groups excluding carboxylic acids is 2. The molecule has 0 bridgehead atoms. The number of carbonyl (C=O) groups is 2. The predicted molar refractivity (Wildman–Crippen MR) is 121 cm³/mol. The second kappa shape index (κ2) is 11.5. The van der Waals surface area contributed by atoms with E-state index in [1.165, 1.54) is 92.8 Å². The lowest BCUT2D eigenvalue weighted by Crippen LogP contribution is -2.10. The average Bonchev–Trinajstić information content (AvgIpc) is 3.33. The van der Waals surface area contributed by atoms with Gasteiger partial charge in [-0.2, -0.15) is 0 Å². The van der Waals surface area contributed by atoms with Crippen molar-refractivity contribution in [2.24, 2.45) is 0 Å². The topological polar surface area (TPSA) is 40.6 Å². The van der Waals surface area contributed by atoms with Crippen molar-refractivity contribution in [2.45, 2.75) is 35.5 Å². The molecule has 4 nitrogen and oxygen atoms in total. The molecule has 0 unspecified atom stereocenters. The molecular weight excluding hydrogens is 445 g/mol. The summed E-state index contributed by atoms with van der Waals surface area (Å²) < 4.78 is 4.56. The van der Waals surface area contributed by atoms with Gasteiger partial charge in [0.25, 0.3) is 8.89 Å². The third-order valence-corrected chi connectivity index (χ3v) is 10.8. The zero-order valence-corrected chi connectivity index (χ0v) is 19.0. The molecule has 2 aliphatic heterocycles. The van der Waals surface area contributed by atoms with E-state index < -0.39 is 0 Å². The molecule has 0 atom stereocenters. The molecule has 0 saturated carbocycles. The maximum atomic E-state index is 12.0. The summed E-state index contributed by atoms with van der Waals surface area (Å²) in [4.78, 5) is 26.0. The van der Waals surface area contributed by atoms with Crippen LogP contribution in [0.1, 0.15) is 25.7 Å². The molecule has 0 aromatic heterocycles. The smallest absolute Gasteiger partial charge is 0.271 e. The lowest BCUT2D eigenvalue weighted by molar-refractivity contribution is 0.275. The minimum absolute atomic E-state index is 0.135. The van der Waals surface area contributed by atoms with Gasteiger partial charge in [-0.25, -0.2) is 8.61 Å². The molecule has 2 heterocycles. The summed E-state index contributed by atoms with van der Waals surface area (Å²) in [7, 11) is 5.55. The van der Waals surface area contributed by atoms with Crippen molar-refractivity contribution in [3.63, 3.8) is 0 Å². The first-order valence-electron chi connectivity index (χ1n) is 8.42. The van der Waals surface area contributed by atoms with Crippen molar-refractivity contribution in [2.75, 3.05) is 26.2 Å². The second-order valence-electron chi connectivity index (χ2n) is 5.76. The average molecular weight is 465 g/mol. The monoisotopic (exact) mass is 464 g/mol. The molecule has 1 aromatic carbocycles. The summed E-state index contributed by atoms with van der Waals surface area (Å²) >= 11 is 2.68. The van der Waals surface area contributed by atoms with Gasteiger partial charge in [0.2, 0.25) is 0 Å². The van der Waals surface area contributed by atoms with E-state index in [4.69, 9.17) is 0 Å². The highest BCUT2D eigenvalue weighted by atomic mass is 33.1. The van der Waals surface area contributed by atoms with E-state index in [2.05, 4.69) is 8.61 Å². The Balaban J connectivity index is 1.34. The zero-order chi connectivity index (χ0) is 18.2. The molecule has 1 aromatic rings. The lowest BCUT2D eigenvalue weighted by Gasteiger charge is -2.11. The first-order chi connectivity index (χ1) is 12.7. The van der Waals surface area contributed by atoms with Gasteiger partial charge in [-0.3, -0.25) is 9.59 Å². The van der Waals surface area contributed by atoms with E-state index in [-0.39, 0.29) is 8.89 Å². The van der Waals surface area contributed by atoms with Crippen molar-refractivity contribution < 1.29 is 9.59 Å². The van der Waals surface area contributed by atoms with Gasteiger partial charge in [0.1, 0.15) is 0 Å². The molecule has 2 fully saturated rings. The van der Waals surface area contributed by atoms with Crippen molar-refractivity contribution >= 4 is 76.0 Å². The van der Waals surface area contributed by atoms with Crippen molar-refractivity contribution in [1.29, 1.82) is 0 Å². The Morgan fingerprint density at radius 2 is 1.00 bits per heavy atom. The van der Waals surface area contributed by atoms with Crippen LogP contribution in [0, 0.1) is 0 Å². The molecule has 0 amide bonds. The van der Waals surface area contributed by atoms with Gasteiger partial charge in [-0.05, 0) is 93.1 Å². The van der Waals surface area contributed by atoms with Crippen LogP contribution in [0.15, 0.2) is 34.1 Å². The summed E-state index contributed by atoms with van der Waals surface area (Å²) in [6.07, 6.45) is 4.76. The third kappa shape index (κ3) is 7.54. The van der Waals surface area contributed by atoms with Crippen molar-refractivity contribution in [3.05, 3.63) is 24.3 Å². The summed E-state index contributed by atoms with van der Waals surface area (Å²) in [6, 6.07) is 8.03. The number of nitrogens with zero attached hydrogens (tertiary/aromatic N) is 2. The maximum Gasteiger partial charge on any atom is 0.271 e. The van der Waals surface area contributed by atoms with Gasteiger partial charge in [0.05, 0.1) is 0 Å². The van der Waals surface area contributed by atoms with Crippen LogP contribution >= 0.6 is 67.1 Å². The highest BCUT2D eigenvalue weighted by molar-refractivity contribution is 8.86. The molecule has 142 valence electrons. The molecule has 0 aliphatic carbocycles. The molecule has 2 saturated heterocycles. The Morgan fingerprint density at radius 3 is 1.35 bits per heavy atom. The van der Waals surface area contributed by atoms with Crippen LogP contribution in [0.3, 0.4) is 0 Å². The first-order valence-corrected chi connectivity index (χ1v) is 14.3. The highest BCUT2D eigenvalue weighted by Crippen LogP contribution is 2.40. The van der Waals surface area contributed by atoms with E-state index in [9.17, 15) is 9.59 Å². The van der Waals surface area contributed by atoms with Gasteiger partial charge in [0.15, 0.2) is 0 Å². The van der Waals surface area contributed by atoms with Crippen LogP contribution < -0.4 is 0 Å². The SMILES string of the molecule is O=C(SSc1ccc(SSC(=O)SN2CCCC2)cc1)SN1CCCC1. The Morgan fingerprint density at radius 1 is 0.654 bits per heavy atom. The lowest BCUT2D eigenvalue weighted by atomic mass is 10.4. The number of rotatable bonds is 6. The van der Waals surface area contributed by atoms with Crippen LogP contribution in [-0.2, 0) is 0 Å². The molecule has 26 heavy (non-hydrogen) atoms. The van der Waals surface area contributed by atoms with Crippen molar-refractivity contribution in [1.82, 2.24) is 8.61 Å². The van der Waals surface area contributed by atoms with Gasteiger partial charge >= 0.3 is 0 Å². The second-order valence-corrected chi connectivity index (χ2v) is 12.8. The molecular formula is C16H20N2O2S6. The first kappa shape index (κ1) is 21.3. The fourth-order valence-corrected chi connectivity index (χ4v) is 8.33. The van der Waals surface area contributed by atoms with E-state index in [0.717, 1.165) is 36.0 Å². The van der Waals surface area contributed by atoms with Crippen LogP contribution in [0.5, 0.6) is 0 Å². The van der Waals surface area contributed by atoms with E-state index in [1.807, 2.05) is 24.3 Å². The minimum Gasteiger partial charge on any atom is -0.272 e. The molecule has 0 radical (unpaired) electrons. The van der Waals surface area contributed by atoms with Crippen LogP contribution in [-0.4, -0.2) is 43.7 Å². The van der Waals surface area contributed by atoms with Gasteiger partial charge < -0.3 is 0 Å². The number of hydrogen-bond donors (Lipinski definition) is 0. The summed E-state index contributed by atoms with van der Waals surface area (Å²) in [5.74, 6) is 0. The van der Waals surface area contributed by atoms with Gasteiger partial charge in [-0.15, -0.1) is 0 Å². The van der Waals surface area contributed by atoms with Crippen LogP contribution in [0.25, 0.3) is 0 Å². The van der Waals surface area contributed by atoms with Gasteiger partial charge in [-0.1, -0.05) is 0 Å². The van der Waals surface area contributed by atoms with E-state index in [1.54, 1.807) is 0 Å². The van der Waals surface area contributed by atoms with Gasteiger partial charge in [0, 0.05) is 59.9 Å². The summed E-state index contributed by atoms with van der Waals surface area (Å²) in [5.41, 5.74) is 0. The molecule has 2 aliphatic rings. The fraction of sp³-hybridized carbons (Fsp3) is 0.500. The summed E-state index contributed by atoms with van der Waals surface area (Å²) in [5, 5.41) is 0. The Hall–Kier alpha value is 0.580. The molecule has 3 rings (SSSR count). The fourth-order valence-electron chi connectivity index (χ4n) is 2.52. The highest BCUT2D eigenvalue weighted by Gasteiger charge is 2.18. The van der Waals surface area contributed by atoms with Crippen LogP contribution in [0.2, 0.25) is 0 Å². The normalized spacial score (nSPS) is 18.5. The molecule has 0 spiro atoms. The maximum absolute atomic E-state index is 12.0. The third-order valence-electron chi connectivity index (χ3n) is 3.77. The number of hydrogen-bond acceptors (Lipinski definition) is 10. The largest absolute Gasteiger partial charge is 0.272 e. The summed E-state index contributed by atoms with van der Waals surface area (Å²) in [6.45, 7) is 4.06. The molecule has 10 heteroatoms. The van der Waals surface area contributed by atoms with Crippen molar-refractivity contribution in [3.8, 4) is 0 Å². The van der Waals surface area contributed by atoms with Crippen LogP contribution in [0.4, 0.5) is 9.59 Å². The number of benzene rings is 1. The predicted octanol–water partition coefficient (Wildman–Crippen LogP) is 6.90. The minimum atomic E-state index is 0.135. The standard InChI is InChI=1S/C16H20N2O2S6/c19-15(21-17-9-1-2-10-17)25-23-13-5-7-14(8-6-13)24-26-16(20)22-18-11-3-4-12-18/h5-8H,1-4,9-12H2.